The van der Waals surface area contributed by atoms with Crippen LogP contribution in [0, 0.1) is 0 Å². The van der Waals surface area contributed by atoms with Crippen molar-refractivity contribution in [2.75, 3.05) is 13.1 Å². The highest BCUT2D eigenvalue weighted by molar-refractivity contribution is 6.22. The van der Waals surface area contributed by atoms with Crippen LogP contribution in [0.4, 0.5) is 0 Å². The average molecular weight is 178 g/mol. The zero-order chi connectivity index (χ0) is 8.43. The van der Waals surface area contributed by atoms with E-state index >= 15 is 0 Å². The Bertz CT molecular complexity index is 161. The third-order valence-corrected chi connectivity index (χ3v) is 1.94. The van der Waals surface area contributed by atoms with Gasteiger partial charge in [-0.05, 0) is 6.92 Å². The largest absolute Gasteiger partial charge is 0.392 e. The minimum atomic E-state index is -0.457. The zero-order valence-electron chi connectivity index (χ0n) is 6.46. The second-order valence-electron chi connectivity index (χ2n) is 2.95. The summed E-state index contributed by atoms with van der Waals surface area (Å²) in [6.45, 7) is 2.64. The molecule has 1 amide bonds. The van der Waals surface area contributed by atoms with Crippen molar-refractivity contribution in [2.45, 2.75) is 24.8 Å². The summed E-state index contributed by atoms with van der Waals surface area (Å²) in [5, 5.41) is 8.91. The van der Waals surface area contributed by atoms with Gasteiger partial charge in [-0.15, -0.1) is 11.6 Å². The fraction of sp³-hybridized carbons (Fsp3) is 0.857. The van der Waals surface area contributed by atoms with Gasteiger partial charge in [0.25, 0.3) is 0 Å². The highest BCUT2D eigenvalue weighted by atomic mass is 35.5. The molecule has 1 fully saturated rings. The molecule has 0 bridgehead atoms. The molecule has 64 valence electrons. The molecule has 0 aromatic carbocycles. The highest BCUT2D eigenvalue weighted by Gasteiger charge is 2.28. The number of alkyl halides is 1. The van der Waals surface area contributed by atoms with Crippen molar-refractivity contribution in [3.63, 3.8) is 0 Å². The van der Waals surface area contributed by atoms with Crippen molar-refractivity contribution in [3.05, 3.63) is 0 Å². The predicted octanol–water partition coefficient (Wildman–Crippen LogP) is 0.207. The molecule has 1 aliphatic heterocycles. The molecule has 1 rings (SSSR count). The van der Waals surface area contributed by atoms with E-state index in [0.717, 1.165) is 0 Å². The summed E-state index contributed by atoms with van der Waals surface area (Å²) in [6, 6.07) is 0. The second-order valence-corrected chi connectivity index (χ2v) is 3.57. The molecule has 1 saturated heterocycles. The van der Waals surface area contributed by atoms with Crippen molar-refractivity contribution in [1.82, 2.24) is 4.90 Å². The summed E-state index contributed by atoms with van der Waals surface area (Å²) in [5.41, 5.74) is 0. The Morgan fingerprint density at radius 1 is 1.91 bits per heavy atom. The lowest BCUT2D eigenvalue weighted by molar-refractivity contribution is -0.128. The Kier molecular flexibility index (Phi) is 2.73. The summed E-state index contributed by atoms with van der Waals surface area (Å²) in [6.07, 6.45) is -0.0465. The third-order valence-electron chi connectivity index (χ3n) is 1.65. The van der Waals surface area contributed by atoms with Crippen LogP contribution < -0.4 is 0 Å². The molecule has 0 radical (unpaired) electrons. The molecule has 0 aromatic heterocycles. The number of carbonyl (C=O) groups is 1. The second kappa shape index (κ2) is 3.41. The molecule has 1 heterocycles. The number of hydrogen-bond donors (Lipinski definition) is 1. The number of carbonyl (C=O) groups excluding carboxylic acids is 1. The van der Waals surface area contributed by atoms with Gasteiger partial charge in [-0.25, -0.2) is 0 Å². The monoisotopic (exact) mass is 177 g/mol. The van der Waals surface area contributed by atoms with Crippen LogP contribution in [0.1, 0.15) is 13.3 Å². The van der Waals surface area contributed by atoms with E-state index in [1.807, 2.05) is 0 Å². The van der Waals surface area contributed by atoms with Crippen molar-refractivity contribution in [3.8, 4) is 0 Å². The number of β-amino-alcohol motifs (C(OH)–C–C–N with tert-alkyl or cyclic N) is 1. The molecule has 2 atom stereocenters. The Morgan fingerprint density at radius 3 is 2.91 bits per heavy atom. The fourth-order valence-corrected chi connectivity index (χ4v) is 1.52. The van der Waals surface area contributed by atoms with Crippen molar-refractivity contribution >= 4 is 17.5 Å². The van der Waals surface area contributed by atoms with Gasteiger partial charge in [0.2, 0.25) is 5.91 Å². The maximum atomic E-state index is 11.1. The lowest BCUT2D eigenvalue weighted by Crippen LogP contribution is -2.32. The van der Waals surface area contributed by atoms with E-state index in [0.29, 0.717) is 19.5 Å². The maximum Gasteiger partial charge on any atom is 0.224 e. The summed E-state index contributed by atoms with van der Waals surface area (Å²) in [4.78, 5) is 12.7. The zero-order valence-corrected chi connectivity index (χ0v) is 7.21. The number of aliphatic hydroxyl groups excluding tert-OH is 1. The standard InChI is InChI=1S/C7H12ClNO2/c1-5(10)3-9-4-6(8)2-7(9)11/h5-6,10H,2-4H2,1H3/t5-,6?/m0/s1. The van der Waals surface area contributed by atoms with E-state index in [9.17, 15) is 4.79 Å². The van der Waals surface area contributed by atoms with Gasteiger partial charge in [0, 0.05) is 19.5 Å². The molecule has 4 heteroatoms. The number of nitrogens with zero attached hydrogens (tertiary/aromatic N) is 1. The van der Waals surface area contributed by atoms with Crippen LogP contribution in [0.25, 0.3) is 0 Å². The van der Waals surface area contributed by atoms with Gasteiger partial charge in [-0.3, -0.25) is 4.79 Å². The molecule has 1 unspecified atom stereocenters. The van der Waals surface area contributed by atoms with Crippen LogP contribution in [-0.2, 0) is 4.79 Å². The van der Waals surface area contributed by atoms with Crippen LogP contribution in [0.15, 0.2) is 0 Å². The quantitative estimate of drug-likeness (QED) is 0.613. The first-order chi connectivity index (χ1) is 5.09. The van der Waals surface area contributed by atoms with Crippen LogP contribution in [0.5, 0.6) is 0 Å². The fourth-order valence-electron chi connectivity index (χ4n) is 1.22. The Hall–Kier alpha value is -0.280. The first-order valence-corrected chi connectivity index (χ1v) is 4.13. The molecule has 11 heavy (non-hydrogen) atoms. The van der Waals surface area contributed by atoms with Crippen LogP contribution in [-0.4, -0.2) is 40.5 Å². The molecule has 0 aliphatic carbocycles. The molecular formula is C7H12ClNO2. The summed E-state index contributed by atoms with van der Waals surface area (Å²) in [7, 11) is 0. The minimum absolute atomic E-state index is 0.0471. The number of likely N-dealkylation sites (tertiary alicyclic amines) is 1. The number of aliphatic hydroxyl groups is 1. The van der Waals surface area contributed by atoms with E-state index in [1.54, 1.807) is 11.8 Å². The first kappa shape index (κ1) is 8.81. The molecule has 1 aliphatic rings. The molecule has 0 spiro atoms. The maximum absolute atomic E-state index is 11.1. The van der Waals surface area contributed by atoms with E-state index in [2.05, 4.69) is 0 Å². The Labute approximate surface area is 70.9 Å². The van der Waals surface area contributed by atoms with Gasteiger partial charge in [0.15, 0.2) is 0 Å². The van der Waals surface area contributed by atoms with E-state index < -0.39 is 6.10 Å². The number of rotatable bonds is 2. The molecule has 0 saturated carbocycles. The van der Waals surface area contributed by atoms with Crippen LogP contribution >= 0.6 is 11.6 Å². The number of halogens is 1. The third kappa shape index (κ3) is 2.34. The van der Waals surface area contributed by atoms with E-state index in [1.165, 1.54) is 0 Å². The van der Waals surface area contributed by atoms with E-state index in [-0.39, 0.29) is 11.3 Å². The van der Waals surface area contributed by atoms with Gasteiger partial charge >= 0.3 is 0 Å². The lowest BCUT2D eigenvalue weighted by Gasteiger charge is -2.16. The predicted molar refractivity (Wildman–Crippen MR) is 42.5 cm³/mol. The van der Waals surface area contributed by atoms with Crippen molar-refractivity contribution < 1.29 is 9.90 Å². The Balaban J connectivity index is 2.41. The normalized spacial score (nSPS) is 27.7. The molecule has 1 N–H and O–H groups in total. The summed E-state index contributed by atoms with van der Waals surface area (Å²) in [5.74, 6) is 0.0471. The van der Waals surface area contributed by atoms with Crippen LogP contribution in [0.3, 0.4) is 0 Å². The van der Waals surface area contributed by atoms with Crippen molar-refractivity contribution in [2.24, 2.45) is 0 Å². The minimum Gasteiger partial charge on any atom is -0.392 e. The van der Waals surface area contributed by atoms with Crippen LogP contribution in [0.2, 0.25) is 0 Å². The average Bonchev–Trinajstić information content (AvgIpc) is 2.09. The van der Waals surface area contributed by atoms with Gasteiger partial charge < -0.3 is 10.0 Å². The summed E-state index contributed by atoms with van der Waals surface area (Å²) >= 11 is 5.74. The first-order valence-electron chi connectivity index (χ1n) is 3.69. The summed E-state index contributed by atoms with van der Waals surface area (Å²) < 4.78 is 0. The van der Waals surface area contributed by atoms with E-state index in [4.69, 9.17) is 16.7 Å². The highest BCUT2D eigenvalue weighted by Crippen LogP contribution is 2.15. The van der Waals surface area contributed by atoms with Gasteiger partial charge in [-0.2, -0.15) is 0 Å². The molecular weight excluding hydrogens is 166 g/mol. The topological polar surface area (TPSA) is 40.5 Å². The van der Waals surface area contributed by atoms with Gasteiger partial charge in [0.1, 0.15) is 0 Å². The smallest absolute Gasteiger partial charge is 0.224 e. The Morgan fingerprint density at radius 2 is 2.55 bits per heavy atom. The number of amides is 1. The number of hydrogen-bond acceptors (Lipinski definition) is 2. The molecule has 0 aromatic rings. The van der Waals surface area contributed by atoms with Crippen molar-refractivity contribution in [1.29, 1.82) is 0 Å². The lowest BCUT2D eigenvalue weighted by atomic mass is 10.4. The van der Waals surface area contributed by atoms with Gasteiger partial charge in [0.05, 0.1) is 11.5 Å². The molecule has 3 nitrogen and oxygen atoms in total. The van der Waals surface area contributed by atoms with Gasteiger partial charge in [-0.1, -0.05) is 0 Å². The SMILES string of the molecule is C[C@H](O)CN1CC(Cl)CC1=O.